The number of anilines is 1. The summed E-state index contributed by atoms with van der Waals surface area (Å²) in [6.07, 6.45) is 1.47. The zero-order chi connectivity index (χ0) is 20.1. The van der Waals surface area contributed by atoms with Crippen LogP contribution < -0.4 is 14.9 Å². The Morgan fingerprint density at radius 3 is 2.79 bits per heavy atom. The second-order valence-corrected chi connectivity index (χ2v) is 8.62. The summed E-state index contributed by atoms with van der Waals surface area (Å²) in [6, 6.07) is 9.98. The van der Waals surface area contributed by atoms with Gasteiger partial charge in [-0.3, -0.25) is 14.5 Å². The minimum absolute atomic E-state index is 0.0895. The van der Waals surface area contributed by atoms with Crippen molar-refractivity contribution >= 4 is 27.5 Å². The number of quaternary nitrogens is 1. The summed E-state index contributed by atoms with van der Waals surface area (Å²) in [5.41, 5.74) is 0.433. The van der Waals surface area contributed by atoms with Gasteiger partial charge in [0.2, 0.25) is 0 Å². The SMILES string of the molecule is Cc1ccc(C[NH+](C)CC(=O)Nc2cccc(S(=O)(=O)NC3=NCCC3)c2)o1. The summed E-state index contributed by atoms with van der Waals surface area (Å²) in [5.74, 6) is 1.93. The quantitative estimate of drug-likeness (QED) is 0.631. The zero-order valence-electron chi connectivity index (χ0n) is 16.0. The fraction of sp³-hybridized carbons (Fsp3) is 0.368. The van der Waals surface area contributed by atoms with E-state index in [4.69, 9.17) is 4.42 Å². The van der Waals surface area contributed by atoms with Crippen LogP contribution in [-0.2, 0) is 21.4 Å². The fourth-order valence-corrected chi connectivity index (χ4v) is 4.13. The number of nitrogens with one attached hydrogen (secondary N) is 3. The lowest BCUT2D eigenvalue weighted by Crippen LogP contribution is -3.08. The highest BCUT2D eigenvalue weighted by atomic mass is 32.2. The molecule has 2 aromatic rings. The summed E-state index contributed by atoms with van der Waals surface area (Å²) in [5, 5.41) is 2.76. The number of sulfonamides is 1. The number of hydrogen-bond acceptors (Lipinski definition) is 5. The molecule has 9 heteroatoms. The number of rotatable bonds is 7. The first-order valence-corrected chi connectivity index (χ1v) is 10.6. The van der Waals surface area contributed by atoms with Gasteiger partial charge in [-0.15, -0.1) is 0 Å². The molecule has 0 aliphatic carbocycles. The molecular weight excluding hydrogens is 380 g/mol. The largest absolute Gasteiger partial charge is 0.460 e. The number of amides is 1. The van der Waals surface area contributed by atoms with E-state index in [1.807, 2.05) is 26.1 Å². The van der Waals surface area contributed by atoms with Gasteiger partial charge in [0, 0.05) is 18.7 Å². The molecule has 0 saturated heterocycles. The van der Waals surface area contributed by atoms with Crippen molar-refractivity contribution in [3.8, 4) is 0 Å². The lowest BCUT2D eigenvalue weighted by molar-refractivity contribution is -0.886. The Balaban J connectivity index is 1.59. The molecule has 0 spiro atoms. The van der Waals surface area contributed by atoms with Crippen LogP contribution in [0.25, 0.3) is 0 Å². The van der Waals surface area contributed by atoms with Gasteiger partial charge < -0.3 is 14.6 Å². The molecule has 0 saturated carbocycles. The lowest BCUT2D eigenvalue weighted by Gasteiger charge is -2.13. The maximum Gasteiger partial charge on any atom is 0.279 e. The van der Waals surface area contributed by atoms with Crippen LogP contribution in [0.5, 0.6) is 0 Å². The minimum Gasteiger partial charge on any atom is -0.460 e. The molecule has 28 heavy (non-hydrogen) atoms. The summed E-state index contributed by atoms with van der Waals surface area (Å²) >= 11 is 0. The molecule has 150 valence electrons. The number of likely N-dealkylation sites (N-methyl/N-ethyl adjacent to an activating group) is 1. The van der Waals surface area contributed by atoms with Gasteiger partial charge >= 0.3 is 0 Å². The minimum atomic E-state index is -3.71. The molecule has 0 bridgehead atoms. The highest BCUT2D eigenvalue weighted by molar-refractivity contribution is 7.90. The van der Waals surface area contributed by atoms with Crippen LogP contribution in [0, 0.1) is 6.92 Å². The predicted octanol–water partition coefficient (Wildman–Crippen LogP) is 0.712. The van der Waals surface area contributed by atoms with Gasteiger partial charge in [0.15, 0.2) is 12.3 Å². The van der Waals surface area contributed by atoms with Crippen molar-refractivity contribution in [2.45, 2.75) is 31.2 Å². The van der Waals surface area contributed by atoms with E-state index in [0.717, 1.165) is 22.8 Å². The van der Waals surface area contributed by atoms with Crippen molar-refractivity contribution in [1.82, 2.24) is 4.72 Å². The Morgan fingerprint density at radius 1 is 1.29 bits per heavy atom. The molecule has 3 N–H and O–H groups in total. The van der Waals surface area contributed by atoms with Gasteiger partial charge in [-0.25, -0.2) is 8.42 Å². The number of carbonyl (C=O) groups excluding carboxylic acids is 1. The second-order valence-electron chi connectivity index (χ2n) is 6.94. The number of nitrogens with zero attached hydrogens (tertiary/aromatic N) is 1. The van der Waals surface area contributed by atoms with Crippen LogP contribution in [0.3, 0.4) is 0 Å². The fourth-order valence-electron chi connectivity index (χ4n) is 3.00. The first-order valence-electron chi connectivity index (χ1n) is 9.14. The van der Waals surface area contributed by atoms with E-state index in [2.05, 4.69) is 15.0 Å². The number of carbonyl (C=O) groups is 1. The number of aryl methyl sites for hydroxylation is 1. The van der Waals surface area contributed by atoms with Crippen LogP contribution in [0.15, 0.2) is 50.7 Å². The molecule has 1 aliphatic heterocycles. The van der Waals surface area contributed by atoms with E-state index < -0.39 is 10.0 Å². The van der Waals surface area contributed by atoms with Crippen LogP contribution in [0.1, 0.15) is 24.4 Å². The van der Waals surface area contributed by atoms with Crippen molar-refractivity contribution in [2.75, 3.05) is 25.5 Å². The number of furan rings is 1. The van der Waals surface area contributed by atoms with Gasteiger partial charge in [0.05, 0.1) is 11.9 Å². The molecule has 1 amide bonds. The van der Waals surface area contributed by atoms with E-state index >= 15 is 0 Å². The maximum atomic E-state index is 12.5. The molecule has 0 radical (unpaired) electrons. The van der Waals surface area contributed by atoms with Gasteiger partial charge in [-0.05, 0) is 43.7 Å². The van der Waals surface area contributed by atoms with Gasteiger partial charge in [0.25, 0.3) is 15.9 Å². The molecule has 1 aromatic heterocycles. The van der Waals surface area contributed by atoms with E-state index in [0.29, 0.717) is 31.0 Å². The zero-order valence-corrected chi connectivity index (χ0v) is 16.8. The van der Waals surface area contributed by atoms with Crippen LogP contribution in [-0.4, -0.2) is 40.3 Å². The second kappa shape index (κ2) is 8.57. The first-order chi connectivity index (χ1) is 13.3. The normalized spacial score (nSPS) is 15.1. The first kappa shape index (κ1) is 20.1. The Kier molecular flexibility index (Phi) is 6.15. The van der Waals surface area contributed by atoms with E-state index in [9.17, 15) is 13.2 Å². The van der Waals surface area contributed by atoms with Gasteiger partial charge in [0.1, 0.15) is 18.1 Å². The van der Waals surface area contributed by atoms with Crippen molar-refractivity contribution in [3.63, 3.8) is 0 Å². The van der Waals surface area contributed by atoms with Crippen molar-refractivity contribution in [2.24, 2.45) is 4.99 Å². The number of amidine groups is 1. The Hall–Kier alpha value is -2.65. The van der Waals surface area contributed by atoms with E-state index in [-0.39, 0.29) is 17.3 Å². The highest BCUT2D eigenvalue weighted by Crippen LogP contribution is 2.16. The summed E-state index contributed by atoms with van der Waals surface area (Å²) < 4.78 is 33.0. The van der Waals surface area contributed by atoms with Crippen LogP contribution >= 0.6 is 0 Å². The molecule has 0 fully saturated rings. The molecule has 3 rings (SSSR count). The standard InChI is InChI=1S/C19H24N4O4S/c1-14-8-9-16(27-14)12-23(2)13-19(24)21-15-5-3-6-17(11-15)28(25,26)22-18-7-4-10-20-18/h3,5-6,8-9,11H,4,7,10,12-13H2,1-2H3,(H,20,22)(H,21,24)/p+1. The Labute approximate surface area is 164 Å². The third-order valence-corrected chi connectivity index (χ3v) is 5.67. The third-order valence-electron chi connectivity index (χ3n) is 4.29. The topological polar surface area (TPSA) is 105 Å². The number of aliphatic imine (C=N–C) groups is 1. The number of benzene rings is 1. The molecular formula is C19H25N4O4S+. The average Bonchev–Trinajstić information content (AvgIpc) is 3.26. The maximum absolute atomic E-state index is 12.5. The van der Waals surface area contributed by atoms with E-state index in [1.54, 1.807) is 12.1 Å². The average molecular weight is 406 g/mol. The Bertz CT molecular complexity index is 981. The van der Waals surface area contributed by atoms with Crippen LogP contribution in [0.2, 0.25) is 0 Å². The molecule has 1 aromatic carbocycles. The predicted molar refractivity (Wildman–Crippen MR) is 106 cm³/mol. The molecule has 1 aliphatic rings. The highest BCUT2D eigenvalue weighted by Gasteiger charge is 2.19. The summed E-state index contributed by atoms with van der Waals surface area (Å²) in [7, 11) is -1.82. The lowest BCUT2D eigenvalue weighted by atomic mass is 10.3. The van der Waals surface area contributed by atoms with Crippen LogP contribution in [0.4, 0.5) is 5.69 Å². The van der Waals surface area contributed by atoms with Crippen molar-refractivity contribution in [3.05, 3.63) is 47.9 Å². The smallest absolute Gasteiger partial charge is 0.279 e. The van der Waals surface area contributed by atoms with Crippen molar-refractivity contribution in [1.29, 1.82) is 0 Å². The van der Waals surface area contributed by atoms with Crippen molar-refractivity contribution < 1.29 is 22.5 Å². The van der Waals surface area contributed by atoms with E-state index in [1.165, 1.54) is 12.1 Å². The van der Waals surface area contributed by atoms with Gasteiger partial charge in [-0.1, -0.05) is 6.07 Å². The molecule has 2 heterocycles. The molecule has 1 atom stereocenters. The third kappa shape index (κ3) is 5.43. The number of hydrogen-bond donors (Lipinski definition) is 3. The Morgan fingerprint density at radius 2 is 2.11 bits per heavy atom. The van der Waals surface area contributed by atoms with Gasteiger partial charge in [-0.2, -0.15) is 0 Å². The monoisotopic (exact) mass is 405 g/mol. The summed E-state index contributed by atoms with van der Waals surface area (Å²) in [4.78, 5) is 17.5. The molecule has 1 unspecified atom stereocenters. The molecule has 8 nitrogen and oxygen atoms in total. The summed E-state index contributed by atoms with van der Waals surface area (Å²) in [6.45, 7) is 3.33.